The molecule has 0 spiro atoms. The highest BCUT2D eigenvalue weighted by molar-refractivity contribution is 9.11. The van der Waals surface area contributed by atoms with Gasteiger partial charge in [-0.1, -0.05) is 0 Å². The van der Waals surface area contributed by atoms with Gasteiger partial charge in [-0.05, 0) is 37.9 Å². The lowest BCUT2D eigenvalue weighted by Gasteiger charge is -2.09. The van der Waals surface area contributed by atoms with Crippen molar-refractivity contribution in [3.8, 4) is 0 Å². The molecule has 1 amide bonds. The number of aliphatic imine (C=N–C) groups is 1. The molecule has 1 aromatic rings. The Labute approximate surface area is 102 Å². The van der Waals surface area contributed by atoms with E-state index in [0.717, 1.165) is 4.47 Å². The number of pyridine rings is 1. The first kappa shape index (κ1) is 10.6. The fourth-order valence-corrected chi connectivity index (χ4v) is 2.35. The summed E-state index contributed by atoms with van der Waals surface area (Å²) < 4.78 is 6.52. The molecule has 0 aliphatic carbocycles. The standard InChI is InChI=1S/C8H5Br2N3O2/c9-3-1-4(10)5(12-2-3)6-7(14)13-8(11)15-6/h1-2,6H,(H2,11,13,14). The maximum Gasteiger partial charge on any atom is 0.297 e. The van der Waals surface area contributed by atoms with Gasteiger partial charge in [-0.3, -0.25) is 9.78 Å². The van der Waals surface area contributed by atoms with Gasteiger partial charge in [0.25, 0.3) is 11.9 Å². The topological polar surface area (TPSA) is 77.6 Å². The van der Waals surface area contributed by atoms with Crippen molar-refractivity contribution in [3.05, 3.63) is 26.9 Å². The SMILES string of the molecule is NC1=NC(=O)C(c2ncc(Br)cc2Br)O1. The molecule has 0 radical (unpaired) electrons. The molecular weight excluding hydrogens is 330 g/mol. The quantitative estimate of drug-likeness (QED) is 0.844. The number of ether oxygens (including phenoxy) is 1. The third-order valence-corrected chi connectivity index (χ3v) is 2.84. The number of carbonyl (C=O) groups excluding carboxylic acids is 1. The van der Waals surface area contributed by atoms with Crippen LogP contribution in [-0.4, -0.2) is 16.9 Å². The van der Waals surface area contributed by atoms with E-state index < -0.39 is 12.0 Å². The Balaban J connectivity index is 2.36. The maximum absolute atomic E-state index is 11.4. The molecule has 1 atom stereocenters. The lowest BCUT2D eigenvalue weighted by molar-refractivity contribution is -0.123. The lowest BCUT2D eigenvalue weighted by atomic mass is 10.2. The number of hydrogen-bond donors (Lipinski definition) is 1. The first-order valence-corrected chi connectivity index (χ1v) is 5.52. The first-order chi connectivity index (χ1) is 7.08. The molecule has 78 valence electrons. The number of rotatable bonds is 1. The van der Waals surface area contributed by atoms with Gasteiger partial charge in [0.15, 0.2) is 0 Å². The zero-order chi connectivity index (χ0) is 11.0. The number of carbonyl (C=O) groups is 1. The second kappa shape index (κ2) is 3.90. The molecule has 2 rings (SSSR count). The number of amidine groups is 1. The van der Waals surface area contributed by atoms with Crippen LogP contribution in [0.4, 0.5) is 0 Å². The predicted octanol–water partition coefficient (Wildman–Crippen LogP) is 1.52. The van der Waals surface area contributed by atoms with Gasteiger partial charge in [0.1, 0.15) is 5.69 Å². The summed E-state index contributed by atoms with van der Waals surface area (Å²) in [6, 6.07) is 1.65. The molecule has 2 N–H and O–H groups in total. The van der Waals surface area contributed by atoms with Crippen LogP contribution >= 0.6 is 31.9 Å². The van der Waals surface area contributed by atoms with E-state index in [4.69, 9.17) is 10.5 Å². The Morgan fingerprint density at radius 3 is 2.73 bits per heavy atom. The van der Waals surface area contributed by atoms with Crippen LogP contribution in [0, 0.1) is 0 Å². The average Bonchev–Trinajstić information content (AvgIpc) is 2.45. The van der Waals surface area contributed by atoms with E-state index in [1.807, 2.05) is 0 Å². The monoisotopic (exact) mass is 333 g/mol. The molecule has 0 aromatic carbocycles. The smallest absolute Gasteiger partial charge is 0.297 e. The molecule has 5 nitrogen and oxygen atoms in total. The van der Waals surface area contributed by atoms with Crippen molar-refractivity contribution in [1.29, 1.82) is 0 Å². The molecule has 0 fully saturated rings. The van der Waals surface area contributed by atoms with Gasteiger partial charge in [0.05, 0.1) is 0 Å². The highest BCUT2D eigenvalue weighted by Crippen LogP contribution is 2.29. The summed E-state index contributed by atoms with van der Waals surface area (Å²) in [5.74, 6) is -0.442. The number of amides is 1. The van der Waals surface area contributed by atoms with Crippen molar-refractivity contribution in [2.75, 3.05) is 0 Å². The van der Waals surface area contributed by atoms with E-state index in [9.17, 15) is 4.79 Å². The Hall–Kier alpha value is -0.950. The number of aromatic nitrogens is 1. The largest absolute Gasteiger partial charge is 0.445 e. The van der Waals surface area contributed by atoms with Crippen LogP contribution in [-0.2, 0) is 9.53 Å². The summed E-state index contributed by atoms with van der Waals surface area (Å²) in [6.07, 6.45) is 0.734. The van der Waals surface area contributed by atoms with E-state index in [0.29, 0.717) is 10.2 Å². The summed E-state index contributed by atoms with van der Waals surface area (Å²) in [5, 5.41) is 0. The minimum absolute atomic E-state index is 0.124. The fraction of sp³-hybridized carbons (Fsp3) is 0.125. The highest BCUT2D eigenvalue weighted by Gasteiger charge is 2.32. The minimum Gasteiger partial charge on any atom is -0.445 e. The van der Waals surface area contributed by atoms with Gasteiger partial charge in [-0.25, -0.2) is 0 Å². The summed E-state index contributed by atoms with van der Waals surface area (Å²) in [4.78, 5) is 18.9. The zero-order valence-corrected chi connectivity index (χ0v) is 10.4. The van der Waals surface area contributed by atoms with Crippen molar-refractivity contribution >= 4 is 43.8 Å². The third kappa shape index (κ3) is 2.03. The average molecular weight is 335 g/mol. The van der Waals surface area contributed by atoms with Gasteiger partial charge in [0.2, 0.25) is 6.10 Å². The predicted molar refractivity (Wildman–Crippen MR) is 60.1 cm³/mol. The molecule has 0 saturated heterocycles. The Kier molecular flexibility index (Phi) is 2.74. The molecule has 2 heterocycles. The van der Waals surface area contributed by atoms with Crippen molar-refractivity contribution in [2.45, 2.75) is 6.10 Å². The van der Waals surface area contributed by atoms with Crippen LogP contribution in [0.25, 0.3) is 0 Å². The normalized spacial score (nSPS) is 20.0. The number of nitrogens with two attached hydrogens (primary N) is 1. The van der Waals surface area contributed by atoms with Crippen LogP contribution in [0.5, 0.6) is 0 Å². The Morgan fingerprint density at radius 1 is 1.47 bits per heavy atom. The van der Waals surface area contributed by atoms with E-state index in [2.05, 4.69) is 41.8 Å². The third-order valence-electron chi connectivity index (χ3n) is 1.77. The molecule has 0 saturated carbocycles. The van der Waals surface area contributed by atoms with E-state index in [1.165, 1.54) is 0 Å². The van der Waals surface area contributed by atoms with E-state index in [1.54, 1.807) is 12.3 Å². The molecule has 15 heavy (non-hydrogen) atoms. The number of nitrogens with zero attached hydrogens (tertiary/aromatic N) is 2. The van der Waals surface area contributed by atoms with E-state index >= 15 is 0 Å². The summed E-state index contributed by atoms with van der Waals surface area (Å²) in [6.45, 7) is 0. The van der Waals surface area contributed by atoms with Gasteiger partial charge in [-0.2, -0.15) is 4.99 Å². The van der Waals surface area contributed by atoms with Crippen molar-refractivity contribution in [1.82, 2.24) is 4.98 Å². The minimum atomic E-state index is -0.840. The second-order valence-electron chi connectivity index (χ2n) is 2.81. The summed E-state index contributed by atoms with van der Waals surface area (Å²) in [5.41, 5.74) is 5.75. The lowest BCUT2D eigenvalue weighted by Crippen LogP contribution is -2.15. The van der Waals surface area contributed by atoms with E-state index in [-0.39, 0.29) is 6.02 Å². The molecule has 1 unspecified atom stereocenters. The number of hydrogen-bond acceptors (Lipinski definition) is 4. The second-order valence-corrected chi connectivity index (χ2v) is 4.58. The van der Waals surface area contributed by atoms with Crippen LogP contribution in [0.1, 0.15) is 11.8 Å². The van der Waals surface area contributed by atoms with Gasteiger partial charge < -0.3 is 10.5 Å². The molecule has 1 aromatic heterocycles. The molecule has 7 heteroatoms. The van der Waals surface area contributed by atoms with Gasteiger partial charge >= 0.3 is 0 Å². The Bertz CT molecular complexity index is 461. The molecule has 1 aliphatic rings. The van der Waals surface area contributed by atoms with Crippen LogP contribution in [0.2, 0.25) is 0 Å². The van der Waals surface area contributed by atoms with Crippen molar-refractivity contribution < 1.29 is 9.53 Å². The van der Waals surface area contributed by atoms with Crippen molar-refractivity contribution in [3.63, 3.8) is 0 Å². The Morgan fingerprint density at radius 2 is 2.20 bits per heavy atom. The summed E-state index contributed by atoms with van der Waals surface area (Å²) >= 11 is 6.55. The highest BCUT2D eigenvalue weighted by atomic mass is 79.9. The van der Waals surface area contributed by atoms with Crippen LogP contribution in [0.15, 0.2) is 26.2 Å². The molecular formula is C8H5Br2N3O2. The first-order valence-electron chi connectivity index (χ1n) is 3.93. The number of halogens is 2. The molecule has 0 bridgehead atoms. The van der Waals surface area contributed by atoms with Gasteiger partial charge in [0, 0.05) is 15.1 Å². The fourth-order valence-electron chi connectivity index (χ4n) is 1.16. The summed E-state index contributed by atoms with van der Waals surface area (Å²) in [7, 11) is 0. The van der Waals surface area contributed by atoms with Crippen LogP contribution in [0.3, 0.4) is 0 Å². The maximum atomic E-state index is 11.4. The van der Waals surface area contributed by atoms with Gasteiger partial charge in [-0.15, -0.1) is 0 Å². The molecule has 1 aliphatic heterocycles. The zero-order valence-electron chi connectivity index (χ0n) is 7.28. The van der Waals surface area contributed by atoms with Crippen molar-refractivity contribution in [2.24, 2.45) is 10.7 Å². The van der Waals surface area contributed by atoms with Crippen LogP contribution < -0.4 is 5.73 Å².